The zero-order valence-electron chi connectivity index (χ0n) is 19.7. The number of benzene rings is 1. The van der Waals surface area contributed by atoms with E-state index in [1.807, 2.05) is 30.0 Å². The van der Waals surface area contributed by atoms with Crippen LogP contribution in [0.5, 0.6) is 0 Å². The van der Waals surface area contributed by atoms with E-state index < -0.39 is 0 Å². The summed E-state index contributed by atoms with van der Waals surface area (Å²) in [5, 5.41) is 10.5. The molecule has 0 radical (unpaired) electrons. The normalized spacial score (nSPS) is 23.2. The summed E-state index contributed by atoms with van der Waals surface area (Å²) in [6.45, 7) is 15.2. The Morgan fingerprint density at radius 2 is 1.83 bits per heavy atom. The zero-order chi connectivity index (χ0) is 22.1. The number of ether oxygens (including phenoxy) is 1. The first-order valence-corrected chi connectivity index (χ1v) is 12.2. The van der Waals surface area contributed by atoms with Gasteiger partial charge in [0.15, 0.2) is 5.17 Å². The van der Waals surface area contributed by atoms with Crippen LogP contribution in [0, 0.1) is 11.3 Å². The predicted molar refractivity (Wildman–Crippen MR) is 128 cm³/mol. The van der Waals surface area contributed by atoms with Crippen molar-refractivity contribution in [3.8, 4) is 6.07 Å². The van der Waals surface area contributed by atoms with Crippen LogP contribution in [0.1, 0.15) is 85.3 Å². The molecule has 1 saturated carbocycles. The molecule has 30 heavy (non-hydrogen) atoms. The highest BCUT2D eigenvalue weighted by atomic mass is 32.2. The lowest BCUT2D eigenvalue weighted by molar-refractivity contribution is -0.0763. The third-order valence-electron chi connectivity index (χ3n) is 5.91. The topological polar surface area (TPSA) is 48.6 Å². The molecule has 1 aromatic rings. The Morgan fingerprint density at radius 3 is 2.40 bits per heavy atom. The Labute approximate surface area is 187 Å². The maximum absolute atomic E-state index is 9.37. The Balaban J connectivity index is 1.98. The van der Waals surface area contributed by atoms with Crippen molar-refractivity contribution in [1.29, 1.82) is 5.26 Å². The summed E-state index contributed by atoms with van der Waals surface area (Å²) in [4.78, 5) is 7.76. The quantitative estimate of drug-likeness (QED) is 0.557. The summed E-state index contributed by atoms with van der Waals surface area (Å²) in [5.74, 6) is 1.01. The van der Waals surface area contributed by atoms with Gasteiger partial charge < -0.3 is 9.64 Å². The monoisotopic (exact) mass is 427 g/mol. The molecule has 3 rings (SSSR count). The van der Waals surface area contributed by atoms with E-state index in [4.69, 9.17) is 9.73 Å². The predicted octanol–water partition coefficient (Wildman–Crippen LogP) is 6.41. The summed E-state index contributed by atoms with van der Waals surface area (Å²) in [6.07, 6.45) is 5.21. The van der Waals surface area contributed by atoms with Gasteiger partial charge in [-0.1, -0.05) is 45.4 Å². The van der Waals surface area contributed by atoms with Gasteiger partial charge in [0.1, 0.15) is 0 Å². The standard InChI is InChI=1S/C25H37N3OS/c1-17(29-25(5,6)7)22-16-30-23(28(22)19-10-8-9-11-19)27-21-13-12-18(15-26)14-20(21)24(2,3)4/h12-14,17,19,22H,8-11,16H2,1-7H3/t17-,22+/m1/s1. The van der Waals surface area contributed by atoms with Gasteiger partial charge in [-0.3, -0.25) is 0 Å². The molecule has 0 unspecified atom stereocenters. The van der Waals surface area contributed by atoms with Gasteiger partial charge in [-0.05, 0) is 69.7 Å². The minimum atomic E-state index is -0.155. The van der Waals surface area contributed by atoms with Crippen LogP contribution in [-0.2, 0) is 10.2 Å². The summed E-state index contributed by atoms with van der Waals surface area (Å²) in [6, 6.07) is 9.07. The number of aliphatic imine (C=N–C) groups is 1. The number of nitrogens with zero attached hydrogens (tertiary/aromatic N) is 3. The number of nitriles is 1. The Hall–Kier alpha value is -1.51. The highest BCUT2D eigenvalue weighted by molar-refractivity contribution is 8.14. The molecule has 4 nitrogen and oxygen atoms in total. The largest absolute Gasteiger partial charge is 0.371 e. The first-order valence-electron chi connectivity index (χ1n) is 11.2. The van der Waals surface area contributed by atoms with Crippen molar-refractivity contribution in [3.05, 3.63) is 29.3 Å². The van der Waals surface area contributed by atoms with Gasteiger partial charge in [0.25, 0.3) is 0 Å². The SMILES string of the molecule is C[C@@H](OC(C)(C)C)[C@@H]1CSC(=Nc2ccc(C#N)cc2C(C)(C)C)N1C1CCCC1. The molecule has 164 valence electrons. The fraction of sp³-hybridized carbons (Fsp3) is 0.680. The van der Waals surface area contributed by atoms with Gasteiger partial charge in [0.05, 0.1) is 35.1 Å². The molecule has 2 aliphatic rings. The van der Waals surface area contributed by atoms with Crippen LogP contribution in [-0.4, -0.2) is 39.6 Å². The number of amidine groups is 1. The molecule has 0 amide bonds. The lowest BCUT2D eigenvalue weighted by atomic mass is 9.85. The van der Waals surface area contributed by atoms with Crippen LogP contribution in [0.15, 0.2) is 23.2 Å². The van der Waals surface area contributed by atoms with Gasteiger partial charge in [-0.2, -0.15) is 5.26 Å². The van der Waals surface area contributed by atoms with Crippen molar-refractivity contribution < 1.29 is 4.74 Å². The number of hydrogen-bond donors (Lipinski definition) is 0. The molecule has 0 aromatic heterocycles. The first kappa shape index (κ1) is 23.2. The first-order chi connectivity index (χ1) is 14.0. The number of hydrogen-bond acceptors (Lipinski definition) is 4. The van der Waals surface area contributed by atoms with Crippen molar-refractivity contribution in [2.45, 2.75) is 103 Å². The smallest absolute Gasteiger partial charge is 0.165 e. The fourth-order valence-electron chi connectivity index (χ4n) is 4.56. The van der Waals surface area contributed by atoms with Crippen molar-refractivity contribution in [2.75, 3.05) is 5.75 Å². The summed E-state index contributed by atoms with van der Waals surface area (Å²) >= 11 is 1.85. The molecule has 1 saturated heterocycles. The van der Waals surface area contributed by atoms with E-state index in [-0.39, 0.29) is 17.1 Å². The molecule has 0 N–H and O–H groups in total. The van der Waals surface area contributed by atoms with Crippen LogP contribution in [0.3, 0.4) is 0 Å². The van der Waals surface area contributed by atoms with Gasteiger partial charge in [0, 0.05) is 11.8 Å². The molecule has 1 heterocycles. The van der Waals surface area contributed by atoms with Crippen molar-refractivity contribution in [2.24, 2.45) is 4.99 Å². The van der Waals surface area contributed by atoms with Gasteiger partial charge in [-0.15, -0.1) is 0 Å². The van der Waals surface area contributed by atoms with Crippen LogP contribution < -0.4 is 0 Å². The molecule has 1 aliphatic carbocycles. The van der Waals surface area contributed by atoms with Crippen molar-refractivity contribution in [3.63, 3.8) is 0 Å². The molecule has 1 aromatic carbocycles. The van der Waals surface area contributed by atoms with E-state index >= 15 is 0 Å². The van der Waals surface area contributed by atoms with E-state index in [0.717, 1.165) is 22.2 Å². The second-order valence-corrected chi connectivity index (χ2v) is 11.6. The molecule has 1 aliphatic heterocycles. The maximum Gasteiger partial charge on any atom is 0.165 e. The highest BCUT2D eigenvalue weighted by Gasteiger charge is 2.41. The Kier molecular flexibility index (Phi) is 6.89. The van der Waals surface area contributed by atoms with Crippen LogP contribution in [0.2, 0.25) is 0 Å². The fourth-order valence-corrected chi connectivity index (χ4v) is 5.91. The second-order valence-electron chi connectivity index (χ2n) is 10.6. The van der Waals surface area contributed by atoms with E-state index in [2.05, 4.69) is 59.4 Å². The second kappa shape index (κ2) is 8.93. The summed E-state index contributed by atoms with van der Waals surface area (Å²) in [7, 11) is 0. The molecule has 0 bridgehead atoms. The number of rotatable bonds is 4. The van der Waals surface area contributed by atoms with Gasteiger partial charge >= 0.3 is 0 Å². The molecule has 2 atom stereocenters. The number of thioether (sulfide) groups is 1. The molecular formula is C25H37N3OS. The molecule has 0 spiro atoms. The third-order valence-corrected chi connectivity index (χ3v) is 6.98. The lowest BCUT2D eigenvalue weighted by Gasteiger charge is -2.37. The van der Waals surface area contributed by atoms with Gasteiger partial charge in [0.2, 0.25) is 0 Å². The maximum atomic E-state index is 9.37. The Morgan fingerprint density at radius 1 is 1.17 bits per heavy atom. The van der Waals surface area contributed by atoms with E-state index in [1.165, 1.54) is 25.7 Å². The van der Waals surface area contributed by atoms with Gasteiger partial charge in [-0.25, -0.2) is 4.99 Å². The van der Waals surface area contributed by atoms with Crippen molar-refractivity contribution in [1.82, 2.24) is 4.90 Å². The van der Waals surface area contributed by atoms with Crippen LogP contribution >= 0.6 is 11.8 Å². The average Bonchev–Trinajstić information content (AvgIpc) is 3.29. The third kappa shape index (κ3) is 5.39. The summed E-state index contributed by atoms with van der Waals surface area (Å²) < 4.78 is 6.37. The average molecular weight is 428 g/mol. The lowest BCUT2D eigenvalue weighted by Crippen LogP contribution is -2.48. The van der Waals surface area contributed by atoms with Crippen LogP contribution in [0.25, 0.3) is 0 Å². The molecular weight excluding hydrogens is 390 g/mol. The summed E-state index contributed by atoms with van der Waals surface area (Å²) in [5.41, 5.74) is 2.58. The zero-order valence-corrected chi connectivity index (χ0v) is 20.5. The Bertz CT molecular complexity index is 822. The van der Waals surface area contributed by atoms with E-state index in [9.17, 15) is 5.26 Å². The highest BCUT2D eigenvalue weighted by Crippen LogP contribution is 2.39. The minimum Gasteiger partial charge on any atom is -0.371 e. The molecule has 5 heteroatoms. The van der Waals surface area contributed by atoms with E-state index in [0.29, 0.717) is 17.6 Å². The minimum absolute atomic E-state index is 0.0737. The van der Waals surface area contributed by atoms with Crippen molar-refractivity contribution >= 4 is 22.6 Å². The van der Waals surface area contributed by atoms with E-state index in [1.54, 1.807) is 0 Å². The molecule has 2 fully saturated rings. The van der Waals surface area contributed by atoms with Crippen LogP contribution in [0.4, 0.5) is 5.69 Å².